The molecule has 0 amide bonds. The van der Waals surface area contributed by atoms with Crippen LogP contribution in [0.4, 0.5) is 5.82 Å². The van der Waals surface area contributed by atoms with Crippen molar-refractivity contribution in [3.63, 3.8) is 0 Å². The lowest BCUT2D eigenvalue weighted by molar-refractivity contribution is 0.172. The molecule has 0 unspecified atom stereocenters. The normalized spacial score (nSPS) is 17.7. The summed E-state index contributed by atoms with van der Waals surface area (Å²) >= 11 is 6.25. The van der Waals surface area contributed by atoms with Crippen LogP contribution in [0, 0.1) is 6.92 Å². The molecule has 21 heavy (non-hydrogen) atoms. The van der Waals surface area contributed by atoms with E-state index in [2.05, 4.69) is 48.1 Å². The molecule has 1 saturated carbocycles. The van der Waals surface area contributed by atoms with Gasteiger partial charge in [-0.1, -0.05) is 38.3 Å². The lowest BCUT2D eigenvalue weighted by Crippen LogP contribution is -2.47. The Hall–Kier alpha value is -0.870. The largest absolute Gasteiger partial charge is 0.368 e. The number of halogens is 1. The fraction of sp³-hybridized carbons (Fsp3) is 0.750. The summed E-state index contributed by atoms with van der Waals surface area (Å²) in [5.41, 5.74) is 1.18. The van der Waals surface area contributed by atoms with Crippen LogP contribution < -0.4 is 5.32 Å². The summed E-state index contributed by atoms with van der Waals surface area (Å²) in [5, 5.41) is 4.09. The van der Waals surface area contributed by atoms with E-state index in [1.807, 2.05) is 6.92 Å². The quantitative estimate of drug-likeness (QED) is 0.839. The van der Waals surface area contributed by atoms with Crippen molar-refractivity contribution in [3.05, 3.63) is 16.5 Å². The zero-order chi connectivity index (χ0) is 15.6. The maximum Gasteiger partial charge on any atom is 0.137 e. The molecule has 0 atom stereocenters. The SMILES string of the molecule is Cc1c(Cl)nc(C(C)C)nc1NCC1(N(C)C)CCCC1. The topological polar surface area (TPSA) is 41.1 Å². The molecular weight excluding hydrogens is 284 g/mol. The van der Waals surface area contributed by atoms with Gasteiger partial charge in [0.25, 0.3) is 0 Å². The maximum absolute atomic E-state index is 6.25. The number of hydrogen-bond donors (Lipinski definition) is 1. The highest BCUT2D eigenvalue weighted by molar-refractivity contribution is 6.30. The molecule has 1 heterocycles. The van der Waals surface area contributed by atoms with Crippen LogP contribution in [-0.2, 0) is 0 Å². The molecule has 1 N–H and O–H groups in total. The molecule has 0 bridgehead atoms. The fourth-order valence-corrected chi connectivity index (χ4v) is 3.18. The summed E-state index contributed by atoms with van der Waals surface area (Å²) in [5.74, 6) is 1.96. The van der Waals surface area contributed by atoms with Crippen molar-refractivity contribution in [2.45, 2.75) is 57.9 Å². The van der Waals surface area contributed by atoms with E-state index in [1.165, 1.54) is 25.7 Å². The van der Waals surface area contributed by atoms with Crippen LogP contribution in [0.15, 0.2) is 0 Å². The van der Waals surface area contributed by atoms with Crippen molar-refractivity contribution < 1.29 is 0 Å². The van der Waals surface area contributed by atoms with E-state index in [0.717, 1.165) is 23.8 Å². The van der Waals surface area contributed by atoms with E-state index in [1.54, 1.807) is 0 Å². The zero-order valence-electron chi connectivity index (χ0n) is 13.8. The fourth-order valence-electron chi connectivity index (χ4n) is 3.00. The van der Waals surface area contributed by atoms with Crippen molar-refractivity contribution in [2.75, 3.05) is 26.0 Å². The monoisotopic (exact) mass is 310 g/mol. The van der Waals surface area contributed by atoms with Crippen LogP contribution in [-0.4, -0.2) is 41.0 Å². The molecule has 0 spiro atoms. The van der Waals surface area contributed by atoms with Gasteiger partial charge in [0.2, 0.25) is 0 Å². The van der Waals surface area contributed by atoms with Gasteiger partial charge in [0.15, 0.2) is 0 Å². The molecule has 118 valence electrons. The molecule has 4 nitrogen and oxygen atoms in total. The first-order valence-corrected chi connectivity index (χ1v) is 8.19. The zero-order valence-corrected chi connectivity index (χ0v) is 14.6. The van der Waals surface area contributed by atoms with E-state index in [0.29, 0.717) is 5.15 Å². The third-order valence-electron chi connectivity index (χ3n) is 4.69. The second-order valence-corrected chi connectivity index (χ2v) is 7.04. The van der Waals surface area contributed by atoms with Crippen molar-refractivity contribution in [1.29, 1.82) is 0 Å². The second kappa shape index (κ2) is 6.49. The number of rotatable bonds is 5. The van der Waals surface area contributed by atoms with E-state index in [4.69, 9.17) is 11.6 Å². The highest BCUT2D eigenvalue weighted by Gasteiger charge is 2.35. The van der Waals surface area contributed by atoms with Gasteiger partial charge in [0.1, 0.15) is 16.8 Å². The highest BCUT2D eigenvalue weighted by Crippen LogP contribution is 2.34. The molecule has 1 aliphatic carbocycles. The average Bonchev–Trinajstić information content (AvgIpc) is 2.90. The molecule has 0 radical (unpaired) electrons. The third-order valence-corrected chi connectivity index (χ3v) is 5.06. The van der Waals surface area contributed by atoms with Gasteiger partial charge in [-0.05, 0) is 33.9 Å². The summed E-state index contributed by atoms with van der Waals surface area (Å²) in [6.07, 6.45) is 5.09. The van der Waals surface area contributed by atoms with Gasteiger partial charge in [-0.15, -0.1) is 0 Å². The van der Waals surface area contributed by atoms with Crippen molar-refractivity contribution in [2.24, 2.45) is 0 Å². The minimum Gasteiger partial charge on any atom is -0.368 e. The van der Waals surface area contributed by atoms with Gasteiger partial charge in [-0.2, -0.15) is 0 Å². The lowest BCUT2D eigenvalue weighted by atomic mass is 9.96. The Balaban J connectivity index is 2.19. The standard InChI is InChI=1S/C16H27ClN4/c1-11(2)14-19-13(17)12(3)15(20-14)18-10-16(21(4)5)8-6-7-9-16/h11H,6-10H2,1-5H3,(H,18,19,20). The van der Waals surface area contributed by atoms with E-state index < -0.39 is 0 Å². The highest BCUT2D eigenvalue weighted by atomic mass is 35.5. The van der Waals surface area contributed by atoms with Gasteiger partial charge in [-0.3, -0.25) is 0 Å². The minimum atomic E-state index is 0.238. The molecule has 0 aliphatic heterocycles. The van der Waals surface area contributed by atoms with Crippen LogP contribution in [0.1, 0.15) is 56.8 Å². The van der Waals surface area contributed by atoms with Crippen LogP contribution in [0.2, 0.25) is 5.15 Å². The van der Waals surface area contributed by atoms with E-state index in [-0.39, 0.29) is 11.5 Å². The Morgan fingerprint density at radius 2 is 1.86 bits per heavy atom. The Labute approximate surface area is 133 Å². The summed E-state index contributed by atoms with van der Waals surface area (Å²) in [4.78, 5) is 11.4. The molecule has 1 aliphatic rings. The lowest BCUT2D eigenvalue weighted by Gasteiger charge is -2.36. The summed E-state index contributed by atoms with van der Waals surface area (Å²) < 4.78 is 0. The third kappa shape index (κ3) is 3.49. The van der Waals surface area contributed by atoms with Crippen molar-refractivity contribution in [1.82, 2.24) is 14.9 Å². The number of likely N-dealkylation sites (N-methyl/N-ethyl adjacent to an activating group) is 1. The van der Waals surface area contributed by atoms with Crippen molar-refractivity contribution >= 4 is 17.4 Å². The molecule has 1 aromatic rings. The number of aromatic nitrogens is 2. The number of hydrogen-bond acceptors (Lipinski definition) is 4. The van der Waals surface area contributed by atoms with Crippen LogP contribution in [0.3, 0.4) is 0 Å². The van der Waals surface area contributed by atoms with Gasteiger partial charge >= 0.3 is 0 Å². The molecule has 1 aromatic heterocycles. The average molecular weight is 311 g/mol. The molecule has 2 rings (SSSR count). The first-order valence-electron chi connectivity index (χ1n) is 7.81. The molecule has 0 saturated heterocycles. The predicted octanol–water partition coefficient (Wildman–Crippen LogP) is 3.85. The first-order chi connectivity index (χ1) is 9.85. The van der Waals surface area contributed by atoms with Gasteiger partial charge in [0.05, 0.1) is 0 Å². The molecular formula is C16H27ClN4. The Morgan fingerprint density at radius 3 is 2.38 bits per heavy atom. The summed E-state index contributed by atoms with van der Waals surface area (Å²) in [6.45, 7) is 7.06. The van der Waals surface area contributed by atoms with Crippen LogP contribution >= 0.6 is 11.6 Å². The Morgan fingerprint density at radius 1 is 1.24 bits per heavy atom. The van der Waals surface area contributed by atoms with E-state index in [9.17, 15) is 0 Å². The Bertz CT molecular complexity index is 493. The first kappa shape index (κ1) is 16.5. The number of nitrogens with one attached hydrogen (secondary N) is 1. The summed E-state index contributed by atoms with van der Waals surface area (Å²) in [6, 6.07) is 0. The molecule has 1 fully saturated rings. The van der Waals surface area contributed by atoms with Gasteiger partial charge in [0, 0.05) is 23.6 Å². The molecule has 0 aromatic carbocycles. The van der Waals surface area contributed by atoms with Gasteiger partial charge < -0.3 is 10.2 Å². The minimum absolute atomic E-state index is 0.238. The van der Waals surface area contributed by atoms with Crippen LogP contribution in [0.5, 0.6) is 0 Å². The number of anilines is 1. The van der Waals surface area contributed by atoms with Crippen molar-refractivity contribution in [3.8, 4) is 0 Å². The number of nitrogens with zero attached hydrogens (tertiary/aromatic N) is 3. The maximum atomic E-state index is 6.25. The smallest absolute Gasteiger partial charge is 0.137 e. The molecule has 5 heteroatoms. The van der Waals surface area contributed by atoms with E-state index >= 15 is 0 Å². The van der Waals surface area contributed by atoms with Gasteiger partial charge in [-0.25, -0.2) is 9.97 Å². The summed E-state index contributed by atoms with van der Waals surface area (Å²) in [7, 11) is 4.35. The second-order valence-electron chi connectivity index (χ2n) is 6.68. The Kier molecular flexibility index (Phi) is 5.10. The predicted molar refractivity (Wildman–Crippen MR) is 89.2 cm³/mol. The van der Waals surface area contributed by atoms with Crippen LogP contribution in [0.25, 0.3) is 0 Å².